The number of carbonyl (C=O) groups excluding carboxylic acids is 1. The van der Waals surface area contributed by atoms with Gasteiger partial charge in [-0.05, 0) is 68.2 Å². The molecular weight excluding hydrogens is 404 g/mol. The molecule has 3 aliphatic rings. The molecule has 1 amide bonds. The predicted octanol–water partition coefficient (Wildman–Crippen LogP) is 3.47. The maximum Gasteiger partial charge on any atom is 0.262 e. The van der Waals surface area contributed by atoms with Gasteiger partial charge in [-0.1, -0.05) is 13.0 Å². The van der Waals surface area contributed by atoms with E-state index in [1.165, 1.54) is 12.8 Å². The van der Waals surface area contributed by atoms with Gasteiger partial charge in [0, 0.05) is 12.5 Å². The number of rotatable bonds is 9. The highest BCUT2D eigenvalue weighted by molar-refractivity contribution is 6.08. The molecule has 0 aromatic heterocycles. The molecule has 8 heteroatoms. The molecule has 170 valence electrons. The number of carbonyl (C=O) groups is 1. The number of halogens is 2. The van der Waals surface area contributed by atoms with Crippen LogP contribution in [0, 0.1) is 11.3 Å². The van der Waals surface area contributed by atoms with Crippen LogP contribution >= 0.6 is 0 Å². The van der Waals surface area contributed by atoms with E-state index < -0.39 is 29.8 Å². The van der Waals surface area contributed by atoms with E-state index in [1.807, 2.05) is 32.0 Å². The number of guanidine groups is 1. The summed E-state index contributed by atoms with van der Waals surface area (Å²) < 4.78 is 37.8. The Labute approximate surface area is 181 Å². The average molecular weight is 436 g/mol. The van der Waals surface area contributed by atoms with Gasteiger partial charge in [0.2, 0.25) is 0 Å². The van der Waals surface area contributed by atoms with Crippen molar-refractivity contribution >= 4 is 11.9 Å². The number of nitrogens with two attached hydrogens (primary N) is 1. The quantitative estimate of drug-likeness (QED) is 0.644. The van der Waals surface area contributed by atoms with Crippen molar-refractivity contribution in [3.05, 3.63) is 29.3 Å². The van der Waals surface area contributed by atoms with Gasteiger partial charge >= 0.3 is 0 Å². The van der Waals surface area contributed by atoms with Gasteiger partial charge in [0.15, 0.2) is 11.5 Å². The minimum atomic E-state index is -2.69. The summed E-state index contributed by atoms with van der Waals surface area (Å²) >= 11 is 0. The van der Waals surface area contributed by atoms with E-state index in [9.17, 15) is 13.6 Å². The summed E-state index contributed by atoms with van der Waals surface area (Å²) in [6, 6.07) is 5.75. The number of ether oxygens (including phenoxy) is 2. The highest BCUT2D eigenvalue weighted by atomic mass is 19.3. The Balaban J connectivity index is 1.74. The first-order valence-electron chi connectivity index (χ1n) is 10.9. The van der Waals surface area contributed by atoms with E-state index in [-0.39, 0.29) is 12.1 Å². The lowest BCUT2D eigenvalue weighted by atomic mass is 9.68. The van der Waals surface area contributed by atoms with Crippen LogP contribution in [0.25, 0.3) is 0 Å². The molecule has 2 aliphatic carbocycles. The number of benzene rings is 1. The molecular formula is C23H31F2N3O3. The third kappa shape index (κ3) is 3.79. The van der Waals surface area contributed by atoms with Gasteiger partial charge in [-0.15, -0.1) is 0 Å². The zero-order valence-corrected chi connectivity index (χ0v) is 18.4. The lowest BCUT2D eigenvalue weighted by Gasteiger charge is -2.38. The number of amides is 1. The number of methoxy groups -OCH3 is 1. The summed E-state index contributed by atoms with van der Waals surface area (Å²) in [5.41, 5.74) is 5.80. The highest BCUT2D eigenvalue weighted by Gasteiger charge is 2.64. The fourth-order valence-electron chi connectivity index (χ4n) is 4.88. The normalized spacial score (nSPS) is 28.4. The van der Waals surface area contributed by atoms with Crippen LogP contribution in [0.3, 0.4) is 0 Å². The van der Waals surface area contributed by atoms with Gasteiger partial charge in [-0.25, -0.2) is 13.8 Å². The number of alkyl halides is 2. The second-order valence-electron chi connectivity index (χ2n) is 9.38. The Morgan fingerprint density at radius 1 is 1.35 bits per heavy atom. The van der Waals surface area contributed by atoms with Crippen molar-refractivity contribution < 1.29 is 23.0 Å². The molecule has 1 aromatic carbocycles. The van der Waals surface area contributed by atoms with Gasteiger partial charge in [0.25, 0.3) is 12.3 Å². The van der Waals surface area contributed by atoms with Crippen molar-refractivity contribution in [3.8, 4) is 5.75 Å². The monoisotopic (exact) mass is 435 g/mol. The summed E-state index contributed by atoms with van der Waals surface area (Å²) in [4.78, 5) is 19.2. The maximum atomic E-state index is 13.7. The van der Waals surface area contributed by atoms with Crippen molar-refractivity contribution in [2.45, 2.75) is 64.0 Å². The fraction of sp³-hybridized carbons (Fsp3) is 0.652. The zero-order valence-electron chi connectivity index (χ0n) is 18.4. The van der Waals surface area contributed by atoms with Crippen LogP contribution in [0.1, 0.15) is 50.7 Å². The molecule has 1 aliphatic heterocycles. The molecule has 4 rings (SSSR count). The number of nitrogens with zero attached hydrogens (tertiary/aromatic N) is 2. The molecule has 0 bridgehead atoms. The molecule has 3 unspecified atom stereocenters. The molecule has 1 spiro atoms. The molecule has 1 aromatic rings. The van der Waals surface area contributed by atoms with Gasteiger partial charge < -0.3 is 15.2 Å². The molecule has 6 nitrogen and oxygen atoms in total. The first kappa shape index (κ1) is 22.0. The van der Waals surface area contributed by atoms with Crippen molar-refractivity contribution in [2.24, 2.45) is 22.1 Å². The highest BCUT2D eigenvalue weighted by Crippen LogP contribution is 2.58. The standard InChI is InChI=1S/C23H31F2N3O3/c1-14(30-3)8-9-22(2)11-16-6-7-17(31-13-15-4-5-15)10-18(16)23(22)20(29)28(12-19(24)25)21(26)27-23/h6-7,10,14-15,19H,4-5,8-9,11-13H2,1-3H3,(H2,26,27). The van der Waals surface area contributed by atoms with Crippen LogP contribution in [0.2, 0.25) is 0 Å². The average Bonchev–Trinajstić information content (AvgIpc) is 3.48. The Morgan fingerprint density at radius 2 is 2.10 bits per heavy atom. The molecule has 1 fully saturated rings. The van der Waals surface area contributed by atoms with Gasteiger partial charge in [0.05, 0.1) is 19.3 Å². The SMILES string of the molecule is COC(C)CCC1(C)Cc2ccc(OCC3CC3)cc2C12N=C(N)N(CC(F)F)C2=O. The van der Waals surface area contributed by atoms with Crippen LogP contribution < -0.4 is 10.5 Å². The summed E-state index contributed by atoms with van der Waals surface area (Å²) in [5.74, 6) is 0.643. The number of hydrogen-bond donors (Lipinski definition) is 1. The summed E-state index contributed by atoms with van der Waals surface area (Å²) in [5, 5.41) is 0. The summed E-state index contributed by atoms with van der Waals surface area (Å²) in [6.07, 6.45) is 1.61. The number of aliphatic imine (C=N–C) groups is 1. The third-order valence-corrected chi connectivity index (χ3v) is 7.05. The van der Waals surface area contributed by atoms with E-state index in [4.69, 9.17) is 15.2 Å². The van der Waals surface area contributed by atoms with Crippen LogP contribution in [0.4, 0.5) is 8.78 Å². The first-order valence-corrected chi connectivity index (χ1v) is 10.9. The van der Waals surface area contributed by atoms with Crippen molar-refractivity contribution in [2.75, 3.05) is 20.3 Å². The van der Waals surface area contributed by atoms with Crippen LogP contribution in [-0.2, 0) is 21.5 Å². The fourth-order valence-corrected chi connectivity index (χ4v) is 4.88. The first-order chi connectivity index (χ1) is 14.7. The lowest BCUT2D eigenvalue weighted by Crippen LogP contribution is -2.50. The maximum absolute atomic E-state index is 13.7. The molecule has 3 atom stereocenters. The molecule has 31 heavy (non-hydrogen) atoms. The second kappa shape index (κ2) is 8.04. The topological polar surface area (TPSA) is 77.2 Å². The predicted molar refractivity (Wildman–Crippen MR) is 113 cm³/mol. The smallest absolute Gasteiger partial charge is 0.262 e. The van der Waals surface area contributed by atoms with E-state index >= 15 is 0 Å². The minimum absolute atomic E-state index is 0.00465. The van der Waals surface area contributed by atoms with Gasteiger partial charge in [-0.2, -0.15) is 0 Å². The second-order valence-corrected chi connectivity index (χ2v) is 9.38. The number of fused-ring (bicyclic) bond motifs is 2. The zero-order chi connectivity index (χ0) is 22.4. The van der Waals surface area contributed by atoms with E-state index in [1.54, 1.807) is 7.11 Å². The minimum Gasteiger partial charge on any atom is -0.493 e. The van der Waals surface area contributed by atoms with Crippen LogP contribution in [0.5, 0.6) is 5.75 Å². The third-order valence-electron chi connectivity index (χ3n) is 7.05. The lowest BCUT2D eigenvalue weighted by molar-refractivity contribution is -0.137. The van der Waals surface area contributed by atoms with E-state index in [2.05, 4.69) is 4.99 Å². The van der Waals surface area contributed by atoms with Crippen molar-refractivity contribution in [1.29, 1.82) is 0 Å². The number of hydrogen-bond acceptors (Lipinski definition) is 5. The molecule has 1 saturated carbocycles. The van der Waals surface area contributed by atoms with Crippen LogP contribution in [0.15, 0.2) is 23.2 Å². The largest absolute Gasteiger partial charge is 0.493 e. The van der Waals surface area contributed by atoms with Gasteiger partial charge in [0.1, 0.15) is 5.75 Å². The molecule has 0 radical (unpaired) electrons. The molecule has 2 N–H and O–H groups in total. The molecule has 0 saturated heterocycles. The van der Waals surface area contributed by atoms with Crippen molar-refractivity contribution in [3.63, 3.8) is 0 Å². The Kier molecular flexibility index (Phi) is 5.70. The molecule has 1 heterocycles. The Bertz CT molecular complexity index is 889. The van der Waals surface area contributed by atoms with E-state index in [0.717, 1.165) is 16.0 Å². The van der Waals surface area contributed by atoms with E-state index in [0.29, 0.717) is 37.5 Å². The Morgan fingerprint density at radius 3 is 2.74 bits per heavy atom. The van der Waals surface area contributed by atoms with Crippen LogP contribution in [-0.4, -0.2) is 49.6 Å². The Hall–Kier alpha value is -2.22. The summed E-state index contributed by atoms with van der Waals surface area (Å²) in [7, 11) is 1.65. The summed E-state index contributed by atoms with van der Waals surface area (Å²) in [6.45, 7) is 3.86. The van der Waals surface area contributed by atoms with Gasteiger partial charge in [-0.3, -0.25) is 9.69 Å². The van der Waals surface area contributed by atoms with Crippen molar-refractivity contribution in [1.82, 2.24) is 4.90 Å².